The third-order valence-electron chi connectivity index (χ3n) is 10.0. The topological polar surface area (TPSA) is 329 Å². The summed E-state index contributed by atoms with van der Waals surface area (Å²) in [5.41, 5.74) is 27.8. The molecule has 0 bridgehead atoms. The van der Waals surface area contributed by atoms with Gasteiger partial charge in [0.2, 0.25) is 35.4 Å². The molecule has 1 aliphatic carbocycles. The number of carbonyl (C=O) groups is 6. The summed E-state index contributed by atoms with van der Waals surface area (Å²) < 4.78 is 0. The molecule has 15 N–H and O–H groups in total. The van der Waals surface area contributed by atoms with Crippen molar-refractivity contribution in [3.63, 3.8) is 0 Å². The number of amides is 6. The number of aromatic hydroxyl groups is 1. The lowest BCUT2D eigenvalue weighted by molar-refractivity contribution is -0.143. The highest BCUT2D eigenvalue weighted by atomic mass is 16.3. The largest absolute Gasteiger partial charge is 0.508 e. The number of hydrogen-bond acceptors (Lipinski definition) is 9. The fraction of sp³-hybridized carbons (Fsp3) is 0.622. The van der Waals surface area contributed by atoms with Crippen LogP contribution in [0.2, 0.25) is 0 Å². The van der Waals surface area contributed by atoms with Crippen molar-refractivity contribution in [3.8, 4) is 5.75 Å². The van der Waals surface area contributed by atoms with Gasteiger partial charge in [-0.25, -0.2) is 0 Å². The van der Waals surface area contributed by atoms with E-state index in [0.29, 0.717) is 37.7 Å². The van der Waals surface area contributed by atoms with Crippen LogP contribution in [-0.2, 0) is 35.2 Å². The van der Waals surface area contributed by atoms with E-state index in [1.807, 2.05) is 0 Å². The Hall–Kier alpha value is -5.62. The van der Waals surface area contributed by atoms with Crippen LogP contribution in [0.25, 0.3) is 0 Å². The van der Waals surface area contributed by atoms with E-state index in [0.717, 1.165) is 32.1 Å². The fourth-order valence-corrected chi connectivity index (χ4v) is 7.18. The van der Waals surface area contributed by atoms with E-state index in [1.165, 1.54) is 24.0 Å². The molecule has 1 aliphatic heterocycles. The first-order chi connectivity index (χ1) is 26.6. The maximum absolute atomic E-state index is 14.4. The molecule has 1 heterocycles. The maximum atomic E-state index is 14.4. The average Bonchev–Trinajstić information content (AvgIpc) is 3.64. The zero-order valence-electron chi connectivity index (χ0n) is 32.2. The van der Waals surface area contributed by atoms with Gasteiger partial charge in [0.15, 0.2) is 11.9 Å². The molecule has 2 fully saturated rings. The van der Waals surface area contributed by atoms with Crippen molar-refractivity contribution in [2.75, 3.05) is 19.6 Å². The van der Waals surface area contributed by atoms with Gasteiger partial charge >= 0.3 is 0 Å². The minimum Gasteiger partial charge on any atom is -0.508 e. The molecule has 5 atom stereocenters. The summed E-state index contributed by atoms with van der Waals surface area (Å²) >= 11 is 0. The molecule has 1 saturated heterocycles. The number of aliphatic imine (C=N–C) groups is 2. The van der Waals surface area contributed by atoms with Crippen molar-refractivity contribution >= 4 is 47.4 Å². The number of benzene rings is 1. The monoisotopic (exact) mass is 784 g/mol. The maximum Gasteiger partial charge on any atom is 0.245 e. The molecule has 5 unspecified atom stereocenters. The smallest absolute Gasteiger partial charge is 0.245 e. The predicted octanol–water partition coefficient (Wildman–Crippen LogP) is -1.55. The molecule has 3 rings (SSSR count). The second-order valence-electron chi connectivity index (χ2n) is 14.5. The van der Waals surface area contributed by atoms with E-state index in [4.69, 9.17) is 28.7 Å². The molecule has 310 valence electrons. The van der Waals surface area contributed by atoms with Crippen molar-refractivity contribution in [3.05, 3.63) is 29.8 Å². The van der Waals surface area contributed by atoms with Gasteiger partial charge in [-0.05, 0) is 68.6 Å². The van der Waals surface area contributed by atoms with Crippen LogP contribution in [0.1, 0.15) is 89.5 Å². The van der Waals surface area contributed by atoms with Crippen LogP contribution in [0.5, 0.6) is 5.75 Å². The van der Waals surface area contributed by atoms with Crippen molar-refractivity contribution in [1.82, 2.24) is 26.2 Å². The Morgan fingerprint density at radius 3 is 1.88 bits per heavy atom. The number of nitrogens with zero attached hydrogens (tertiary/aromatic N) is 3. The van der Waals surface area contributed by atoms with Crippen LogP contribution in [0, 0.1) is 5.92 Å². The van der Waals surface area contributed by atoms with Gasteiger partial charge in [0.05, 0.1) is 0 Å². The molecule has 1 aromatic carbocycles. The van der Waals surface area contributed by atoms with Gasteiger partial charge in [0.1, 0.15) is 36.0 Å². The van der Waals surface area contributed by atoms with Gasteiger partial charge in [-0.1, -0.05) is 44.2 Å². The Kier molecular flexibility index (Phi) is 18.1. The van der Waals surface area contributed by atoms with Crippen LogP contribution < -0.4 is 49.9 Å². The van der Waals surface area contributed by atoms with E-state index in [1.54, 1.807) is 12.1 Å². The van der Waals surface area contributed by atoms with E-state index >= 15 is 0 Å². The third-order valence-corrected chi connectivity index (χ3v) is 10.0. The highest BCUT2D eigenvalue weighted by Gasteiger charge is 2.40. The first-order valence-corrected chi connectivity index (χ1v) is 19.3. The lowest BCUT2D eigenvalue weighted by Gasteiger charge is -2.33. The quantitative estimate of drug-likeness (QED) is 0.0386. The van der Waals surface area contributed by atoms with E-state index in [2.05, 4.69) is 31.3 Å². The number of phenols is 1. The Morgan fingerprint density at radius 1 is 0.732 bits per heavy atom. The first-order valence-electron chi connectivity index (χ1n) is 19.3. The summed E-state index contributed by atoms with van der Waals surface area (Å²) in [4.78, 5) is 89.5. The molecule has 1 aromatic rings. The Labute approximate surface area is 327 Å². The number of carbonyl (C=O) groups excluding carboxylic acids is 6. The molecular formula is C37H60N12O7. The Morgan fingerprint density at radius 2 is 1.30 bits per heavy atom. The SMILES string of the molecule is CC(=O)NC(CCCN=C(N)N)C(=O)NC(CC1CCCCC1)C(=O)N1CCCC1C(=O)NC(Cc1ccc(O)cc1)C(=O)NC(CCCN=C(N)N)C(N)=O. The van der Waals surface area contributed by atoms with Crippen LogP contribution in [0.3, 0.4) is 0 Å². The predicted molar refractivity (Wildman–Crippen MR) is 210 cm³/mol. The number of rotatable bonds is 21. The van der Waals surface area contributed by atoms with Gasteiger partial charge in [0.25, 0.3) is 0 Å². The van der Waals surface area contributed by atoms with Gasteiger partial charge in [0, 0.05) is 33.0 Å². The zero-order valence-corrected chi connectivity index (χ0v) is 32.2. The lowest BCUT2D eigenvalue weighted by Crippen LogP contribution is -2.59. The summed E-state index contributed by atoms with van der Waals surface area (Å²) in [6, 6.07) is 0.928. The fourth-order valence-electron chi connectivity index (χ4n) is 7.18. The molecule has 1 saturated carbocycles. The highest BCUT2D eigenvalue weighted by molar-refractivity contribution is 5.96. The summed E-state index contributed by atoms with van der Waals surface area (Å²) in [6.07, 6.45) is 7.14. The molecule has 6 amide bonds. The summed E-state index contributed by atoms with van der Waals surface area (Å²) in [7, 11) is 0. The molecule has 0 spiro atoms. The molecule has 0 aromatic heterocycles. The number of nitrogens with two attached hydrogens (primary N) is 5. The number of primary amides is 1. The summed E-state index contributed by atoms with van der Waals surface area (Å²) in [5, 5.41) is 20.8. The summed E-state index contributed by atoms with van der Waals surface area (Å²) in [5.74, 6) is -3.47. The minimum absolute atomic E-state index is 0.00785. The summed E-state index contributed by atoms with van der Waals surface area (Å²) in [6.45, 7) is 1.99. The van der Waals surface area contributed by atoms with E-state index in [9.17, 15) is 33.9 Å². The number of hydrogen-bond donors (Lipinski definition) is 10. The van der Waals surface area contributed by atoms with Gasteiger partial charge in [-0.2, -0.15) is 0 Å². The number of nitrogens with one attached hydrogen (secondary N) is 4. The van der Waals surface area contributed by atoms with Crippen molar-refractivity contribution < 1.29 is 33.9 Å². The molecule has 2 aliphatic rings. The zero-order chi connectivity index (χ0) is 41.2. The molecule has 19 heteroatoms. The van der Waals surface area contributed by atoms with Gasteiger partial charge in [-0.3, -0.25) is 38.8 Å². The molecule has 56 heavy (non-hydrogen) atoms. The third kappa shape index (κ3) is 15.3. The number of phenolic OH excluding ortho intramolecular Hbond substituents is 1. The number of guanidine groups is 2. The first kappa shape index (κ1) is 44.8. The van der Waals surface area contributed by atoms with Crippen LogP contribution >= 0.6 is 0 Å². The van der Waals surface area contributed by atoms with Crippen LogP contribution in [0.4, 0.5) is 0 Å². The molecule has 19 nitrogen and oxygen atoms in total. The average molecular weight is 785 g/mol. The van der Waals surface area contributed by atoms with Gasteiger partial charge in [-0.15, -0.1) is 0 Å². The van der Waals surface area contributed by atoms with E-state index in [-0.39, 0.29) is 62.5 Å². The van der Waals surface area contributed by atoms with Crippen LogP contribution in [-0.4, -0.2) is 107 Å². The Bertz CT molecular complexity index is 1560. The standard InChI is InChI=1S/C37H60N12O7/c1-22(50)45-27(11-6-18-44-37(41)42)32(53)48-29(21-23-8-3-2-4-9-23)35(56)49-19-7-12-30(49)34(55)47-28(20-24-13-15-25(51)16-14-24)33(54)46-26(31(38)52)10-5-17-43-36(39)40/h13-16,23,26-30,51H,2-12,17-21H2,1H3,(H2,38,52)(H,45,50)(H,46,54)(H,47,55)(H,48,53)(H4,39,40,43)(H4,41,42,44). The van der Waals surface area contributed by atoms with Gasteiger partial charge < -0.3 is 59.9 Å². The number of likely N-dealkylation sites (tertiary alicyclic amines) is 1. The second kappa shape index (κ2) is 22.7. The second-order valence-corrected chi connectivity index (χ2v) is 14.5. The van der Waals surface area contributed by atoms with Crippen molar-refractivity contribution in [2.45, 2.75) is 121 Å². The molecular weight excluding hydrogens is 724 g/mol. The molecule has 0 radical (unpaired) electrons. The van der Waals surface area contributed by atoms with E-state index < -0.39 is 65.7 Å². The normalized spacial score (nSPS) is 17.7. The van der Waals surface area contributed by atoms with Crippen molar-refractivity contribution in [1.29, 1.82) is 0 Å². The highest BCUT2D eigenvalue weighted by Crippen LogP contribution is 2.29. The van der Waals surface area contributed by atoms with Crippen molar-refractivity contribution in [2.24, 2.45) is 44.6 Å². The lowest BCUT2D eigenvalue weighted by atomic mass is 9.84. The minimum atomic E-state index is -1.20. The van der Waals surface area contributed by atoms with Crippen LogP contribution in [0.15, 0.2) is 34.3 Å². The Balaban J connectivity index is 1.82.